The van der Waals surface area contributed by atoms with Crippen molar-refractivity contribution in [1.82, 2.24) is 0 Å². The number of benzene rings is 2. The molecule has 0 spiro atoms. The van der Waals surface area contributed by atoms with Crippen LogP contribution in [-0.2, 0) is 0 Å². The Bertz CT molecular complexity index is 671. The Hall–Kier alpha value is -1.71. The lowest BCUT2D eigenvalue weighted by Gasteiger charge is -2.07. The topological polar surface area (TPSA) is 52.3 Å². The van der Waals surface area contributed by atoms with E-state index in [0.717, 1.165) is 18.6 Å². The molecule has 0 aromatic heterocycles. The van der Waals surface area contributed by atoms with Gasteiger partial charge in [-0.1, -0.05) is 23.2 Å². The van der Waals surface area contributed by atoms with E-state index in [4.69, 9.17) is 33.7 Å². The molecule has 2 aromatic carbocycles. The zero-order chi connectivity index (χ0) is 15.0. The van der Waals surface area contributed by atoms with Crippen LogP contribution in [0, 0.1) is 0 Å². The Labute approximate surface area is 132 Å². The lowest BCUT2D eigenvalue weighted by atomic mass is 10.0. The Morgan fingerprint density at radius 1 is 1.05 bits per heavy atom. The minimum Gasteiger partial charge on any atom is -0.490 e. The Morgan fingerprint density at radius 3 is 2.14 bits per heavy atom. The van der Waals surface area contributed by atoms with Gasteiger partial charge in [-0.2, -0.15) is 0 Å². The molecule has 1 aliphatic rings. The molecule has 3 rings (SSSR count). The highest BCUT2D eigenvalue weighted by Crippen LogP contribution is 2.30. The Morgan fingerprint density at radius 2 is 1.62 bits per heavy atom. The van der Waals surface area contributed by atoms with Crippen molar-refractivity contribution < 1.29 is 9.53 Å². The Balaban J connectivity index is 1.83. The van der Waals surface area contributed by atoms with Crippen LogP contribution in [0.25, 0.3) is 0 Å². The number of nitrogens with two attached hydrogens (primary N) is 1. The molecule has 1 fully saturated rings. The van der Waals surface area contributed by atoms with Crippen LogP contribution in [0.1, 0.15) is 28.8 Å². The summed E-state index contributed by atoms with van der Waals surface area (Å²) in [5, 5.41) is 0.555. The first kappa shape index (κ1) is 14.2. The third kappa shape index (κ3) is 3.14. The maximum atomic E-state index is 12.4. The second kappa shape index (κ2) is 5.58. The van der Waals surface area contributed by atoms with Crippen molar-refractivity contribution in [3.8, 4) is 5.75 Å². The number of ether oxygens (including phenoxy) is 1. The minimum absolute atomic E-state index is 0.156. The van der Waals surface area contributed by atoms with Gasteiger partial charge in [0.1, 0.15) is 5.75 Å². The first-order valence-corrected chi connectivity index (χ1v) is 7.36. The number of carbonyl (C=O) groups excluding carboxylic acids is 1. The molecule has 0 heterocycles. The van der Waals surface area contributed by atoms with Crippen molar-refractivity contribution in [3.63, 3.8) is 0 Å². The molecule has 0 bridgehead atoms. The van der Waals surface area contributed by atoms with E-state index in [9.17, 15) is 4.79 Å². The summed E-state index contributed by atoms with van der Waals surface area (Å²) < 4.78 is 5.65. The largest absolute Gasteiger partial charge is 0.490 e. The SMILES string of the molecule is Nc1c(Cl)cc(C(=O)c2ccc(OC3CC3)cc2)cc1Cl. The number of hydrogen-bond acceptors (Lipinski definition) is 3. The second-order valence-corrected chi connectivity index (χ2v) is 5.84. The number of rotatable bonds is 4. The maximum Gasteiger partial charge on any atom is 0.193 e. The van der Waals surface area contributed by atoms with Crippen LogP contribution in [0.5, 0.6) is 5.75 Å². The smallest absolute Gasteiger partial charge is 0.193 e. The highest BCUT2D eigenvalue weighted by molar-refractivity contribution is 6.39. The highest BCUT2D eigenvalue weighted by atomic mass is 35.5. The molecular formula is C16H13Cl2NO2. The predicted octanol–water partition coefficient (Wildman–Crippen LogP) is 4.35. The van der Waals surface area contributed by atoms with Gasteiger partial charge < -0.3 is 10.5 Å². The van der Waals surface area contributed by atoms with E-state index in [0.29, 0.717) is 17.2 Å². The molecule has 0 aliphatic heterocycles. The fraction of sp³-hybridized carbons (Fsp3) is 0.188. The van der Waals surface area contributed by atoms with Gasteiger partial charge in [-0.15, -0.1) is 0 Å². The molecule has 0 amide bonds. The molecule has 0 atom stereocenters. The average molecular weight is 322 g/mol. The van der Waals surface area contributed by atoms with Crippen molar-refractivity contribution >= 4 is 34.7 Å². The normalized spacial score (nSPS) is 14.0. The average Bonchev–Trinajstić information content (AvgIpc) is 3.28. The van der Waals surface area contributed by atoms with E-state index in [-0.39, 0.29) is 21.5 Å². The summed E-state index contributed by atoms with van der Waals surface area (Å²) in [7, 11) is 0. The Kier molecular flexibility index (Phi) is 3.79. The van der Waals surface area contributed by atoms with Crippen LogP contribution in [0.4, 0.5) is 5.69 Å². The van der Waals surface area contributed by atoms with Gasteiger partial charge in [-0.05, 0) is 49.2 Å². The standard InChI is InChI=1S/C16H13Cl2NO2/c17-13-7-10(8-14(18)15(13)19)16(20)9-1-3-11(4-2-9)21-12-5-6-12/h1-4,7-8,12H,5-6,19H2. The van der Waals surface area contributed by atoms with E-state index in [2.05, 4.69) is 0 Å². The third-order valence-electron chi connectivity index (χ3n) is 3.28. The summed E-state index contributed by atoms with van der Waals surface area (Å²) >= 11 is 11.9. The summed E-state index contributed by atoms with van der Waals surface area (Å²) in [6.07, 6.45) is 2.54. The minimum atomic E-state index is -0.156. The number of nitrogen functional groups attached to an aromatic ring is 1. The van der Waals surface area contributed by atoms with Crippen LogP contribution in [-0.4, -0.2) is 11.9 Å². The van der Waals surface area contributed by atoms with Gasteiger partial charge in [0.2, 0.25) is 0 Å². The zero-order valence-corrected chi connectivity index (χ0v) is 12.6. The van der Waals surface area contributed by atoms with Crippen molar-refractivity contribution in [2.24, 2.45) is 0 Å². The van der Waals surface area contributed by atoms with Crippen LogP contribution in [0.15, 0.2) is 36.4 Å². The molecule has 0 unspecified atom stereocenters. The van der Waals surface area contributed by atoms with Crippen LogP contribution in [0.3, 0.4) is 0 Å². The molecule has 3 nitrogen and oxygen atoms in total. The fourth-order valence-electron chi connectivity index (χ4n) is 1.95. The number of ketones is 1. The van der Waals surface area contributed by atoms with E-state index >= 15 is 0 Å². The van der Waals surface area contributed by atoms with Crippen molar-refractivity contribution in [1.29, 1.82) is 0 Å². The second-order valence-electron chi connectivity index (χ2n) is 5.02. The van der Waals surface area contributed by atoms with Crippen molar-refractivity contribution in [2.75, 3.05) is 5.73 Å². The lowest BCUT2D eigenvalue weighted by molar-refractivity contribution is 0.103. The number of anilines is 1. The molecule has 1 saturated carbocycles. The number of hydrogen-bond donors (Lipinski definition) is 1. The predicted molar refractivity (Wildman–Crippen MR) is 84.4 cm³/mol. The molecule has 0 saturated heterocycles. The van der Waals surface area contributed by atoms with Gasteiger partial charge in [0.25, 0.3) is 0 Å². The monoisotopic (exact) mass is 321 g/mol. The maximum absolute atomic E-state index is 12.4. The fourth-order valence-corrected chi connectivity index (χ4v) is 2.43. The molecule has 5 heteroatoms. The summed E-state index contributed by atoms with van der Waals surface area (Å²) in [4.78, 5) is 12.4. The first-order valence-electron chi connectivity index (χ1n) is 6.60. The first-order chi connectivity index (χ1) is 10.0. The number of halogens is 2. The van der Waals surface area contributed by atoms with Gasteiger partial charge in [-0.25, -0.2) is 0 Å². The van der Waals surface area contributed by atoms with E-state index < -0.39 is 0 Å². The lowest BCUT2D eigenvalue weighted by Crippen LogP contribution is -2.03. The molecule has 2 N–H and O–H groups in total. The van der Waals surface area contributed by atoms with Crippen LogP contribution in [0.2, 0.25) is 10.0 Å². The van der Waals surface area contributed by atoms with Crippen molar-refractivity contribution in [3.05, 3.63) is 57.6 Å². The van der Waals surface area contributed by atoms with Gasteiger partial charge in [0.15, 0.2) is 5.78 Å². The summed E-state index contributed by atoms with van der Waals surface area (Å²) in [6, 6.07) is 10.1. The van der Waals surface area contributed by atoms with Gasteiger partial charge >= 0.3 is 0 Å². The van der Waals surface area contributed by atoms with Gasteiger partial charge in [0, 0.05) is 11.1 Å². The van der Waals surface area contributed by atoms with E-state index in [1.807, 2.05) is 0 Å². The van der Waals surface area contributed by atoms with Crippen LogP contribution < -0.4 is 10.5 Å². The van der Waals surface area contributed by atoms with Gasteiger partial charge in [-0.3, -0.25) is 4.79 Å². The molecular weight excluding hydrogens is 309 g/mol. The van der Waals surface area contributed by atoms with Crippen LogP contribution >= 0.6 is 23.2 Å². The zero-order valence-electron chi connectivity index (χ0n) is 11.1. The number of carbonyl (C=O) groups is 1. The molecule has 1 aliphatic carbocycles. The molecule has 0 radical (unpaired) electrons. The highest BCUT2D eigenvalue weighted by Gasteiger charge is 2.23. The molecule has 21 heavy (non-hydrogen) atoms. The molecule has 2 aromatic rings. The third-order valence-corrected chi connectivity index (χ3v) is 3.91. The van der Waals surface area contributed by atoms with Gasteiger partial charge in [0.05, 0.1) is 21.8 Å². The molecule has 108 valence electrons. The van der Waals surface area contributed by atoms with E-state index in [1.54, 1.807) is 24.3 Å². The summed E-state index contributed by atoms with van der Waals surface area (Å²) in [5.74, 6) is 0.624. The quantitative estimate of drug-likeness (QED) is 0.672. The van der Waals surface area contributed by atoms with E-state index in [1.165, 1.54) is 12.1 Å². The summed E-state index contributed by atoms with van der Waals surface area (Å²) in [5.41, 5.74) is 6.91. The van der Waals surface area contributed by atoms with Crippen molar-refractivity contribution in [2.45, 2.75) is 18.9 Å². The summed E-state index contributed by atoms with van der Waals surface area (Å²) in [6.45, 7) is 0.